The van der Waals surface area contributed by atoms with Crippen molar-refractivity contribution in [2.24, 2.45) is 0 Å². The van der Waals surface area contributed by atoms with Crippen molar-refractivity contribution in [2.75, 3.05) is 6.61 Å². The van der Waals surface area contributed by atoms with E-state index in [2.05, 4.69) is 6.08 Å². The van der Waals surface area contributed by atoms with Gasteiger partial charge >= 0.3 is 0 Å². The molecule has 0 aliphatic carbocycles. The summed E-state index contributed by atoms with van der Waals surface area (Å²) >= 11 is 0. The first-order chi connectivity index (χ1) is 3.50. The van der Waals surface area contributed by atoms with Gasteiger partial charge in [0.15, 0.2) is 0 Å². The van der Waals surface area contributed by atoms with Crippen molar-refractivity contribution >= 4 is 0 Å². The largest absolute Gasteiger partial charge is 0.502 e. The third-order valence-electron chi connectivity index (χ3n) is 1.08. The molecule has 1 aliphatic heterocycles. The molecule has 1 nitrogen and oxygen atoms in total. The quantitative estimate of drug-likeness (QED) is 0.448. The van der Waals surface area contributed by atoms with Crippen LogP contribution in [0.25, 0.3) is 0 Å². The molecule has 1 rings (SSSR count). The lowest BCUT2D eigenvalue weighted by Gasteiger charge is -1.91. The van der Waals surface area contributed by atoms with Gasteiger partial charge in [-0.3, -0.25) is 0 Å². The summed E-state index contributed by atoms with van der Waals surface area (Å²) < 4.78 is 5.01. The summed E-state index contributed by atoms with van der Waals surface area (Å²) in [6, 6.07) is 0. The predicted molar refractivity (Wildman–Crippen MR) is 28.9 cm³/mol. The van der Waals surface area contributed by atoms with E-state index in [1.54, 1.807) is 6.26 Å². The van der Waals surface area contributed by atoms with Gasteiger partial charge in [0, 0.05) is 0 Å². The van der Waals surface area contributed by atoms with Crippen LogP contribution in [0.4, 0.5) is 0 Å². The van der Waals surface area contributed by atoms with E-state index in [9.17, 15) is 0 Å². The molecule has 0 aromatic rings. The Morgan fingerprint density at radius 1 is 1.29 bits per heavy atom. The van der Waals surface area contributed by atoms with E-state index in [4.69, 9.17) is 4.74 Å². The van der Waals surface area contributed by atoms with Crippen molar-refractivity contribution in [3.63, 3.8) is 0 Å². The Kier molecular flexibility index (Phi) is 1.79. The van der Waals surface area contributed by atoms with Gasteiger partial charge in [0.05, 0.1) is 12.9 Å². The summed E-state index contributed by atoms with van der Waals surface area (Å²) in [5.74, 6) is 0. The van der Waals surface area contributed by atoms with E-state index in [0.717, 1.165) is 6.61 Å². The van der Waals surface area contributed by atoms with Gasteiger partial charge in [0.1, 0.15) is 0 Å². The van der Waals surface area contributed by atoms with Crippen LogP contribution in [-0.2, 0) is 4.74 Å². The average molecular weight is 98.1 g/mol. The van der Waals surface area contributed by atoms with Crippen LogP contribution in [0, 0.1) is 0 Å². The van der Waals surface area contributed by atoms with Crippen molar-refractivity contribution in [2.45, 2.75) is 19.3 Å². The second-order valence-electron chi connectivity index (χ2n) is 1.74. The van der Waals surface area contributed by atoms with Gasteiger partial charge in [-0.05, 0) is 25.3 Å². The second kappa shape index (κ2) is 2.67. The molecule has 0 bridgehead atoms. The summed E-state index contributed by atoms with van der Waals surface area (Å²) in [7, 11) is 0. The summed E-state index contributed by atoms with van der Waals surface area (Å²) in [5.41, 5.74) is 0. The van der Waals surface area contributed by atoms with E-state index in [0.29, 0.717) is 0 Å². The van der Waals surface area contributed by atoms with E-state index >= 15 is 0 Å². The lowest BCUT2D eigenvalue weighted by atomic mass is 10.2. The molecule has 7 heavy (non-hydrogen) atoms. The maximum Gasteiger partial charge on any atom is 0.0873 e. The zero-order valence-electron chi connectivity index (χ0n) is 4.39. The first-order valence-electron chi connectivity index (χ1n) is 2.77. The Labute approximate surface area is 44.0 Å². The highest BCUT2D eigenvalue weighted by Gasteiger charge is 1.88. The minimum absolute atomic E-state index is 0.913. The minimum atomic E-state index is 0.913. The molecule has 1 heteroatoms. The Morgan fingerprint density at radius 3 is 3.29 bits per heavy atom. The highest BCUT2D eigenvalue weighted by atomic mass is 16.5. The predicted octanol–water partition coefficient (Wildman–Crippen LogP) is 1.70. The normalized spacial score (nSPS) is 20.6. The van der Waals surface area contributed by atoms with Crippen LogP contribution < -0.4 is 0 Å². The third kappa shape index (κ3) is 1.62. The third-order valence-corrected chi connectivity index (χ3v) is 1.08. The van der Waals surface area contributed by atoms with E-state index < -0.39 is 0 Å². The molecule has 0 aromatic heterocycles. The molecule has 0 saturated heterocycles. The summed E-state index contributed by atoms with van der Waals surface area (Å²) in [6.07, 6.45) is 7.57. The Morgan fingerprint density at radius 2 is 2.29 bits per heavy atom. The smallest absolute Gasteiger partial charge is 0.0873 e. The van der Waals surface area contributed by atoms with Crippen LogP contribution in [-0.4, -0.2) is 6.61 Å². The lowest BCUT2D eigenvalue weighted by molar-refractivity contribution is 0.249. The highest BCUT2D eigenvalue weighted by Crippen LogP contribution is 2.01. The summed E-state index contributed by atoms with van der Waals surface area (Å²) in [5, 5.41) is 0. The summed E-state index contributed by atoms with van der Waals surface area (Å²) in [6.45, 7) is 0.913. The fraction of sp³-hybridized carbons (Fsp3) is 0.667. The molecule has 40 valence electrons. The molecule has 0 spiro atoms. The van der Waals surface area contributed by atoms with Gasteiger partial charge in [0.25, 0.3) is 0 Å². The Bertz CT molecular complexity index is 58.6. The van der Waals surface area contributed by atoms with E-state index in [1.165, 1.54) is 19.3 Å². The van der Waals surface area contributed by atoms with Crippen molar-refractivity contribution in [3.8, 4) is 0 Å². The van der Waals surface area contributed by atoms with Gasteiger partial charge < -0.3 is 4.74 Å². The highest BCUT2D eigenvalue weighted by molar-refractivity contribution is 4.75. The number of allylic oxidation sites excluding steroid dienone is 1. The van der Waals surface area contributed by atoms with Gasteiger partial charge in [-0.2, -0.15) is 0 Å². The number of hydrogen-bond donors (Lipinski definition) is 0. The van der Waals surface area contributed by atoms with Crippen molar-refractivity contribution in [3.05, 3.63) is 12.3 Å². The average Bonchev–Trinajstić information content (AvgIpc) is 1.90. The topological polar surface area (TPSA) is 9.23 Å². The Hall–Kier alpha value is -0.460. The molecule has 0 saturated carbocycles. The van der Waals surface area contributed by atoms with Crippen LogP contribution in [0.15, 0.2) is 12.3 Å². The van der Waals surface area contributed by atoms with Gasteiger partial charge in [-0.25, -0.2) is 0 Å². The molecule has 1 heterocycles. The van der Waals surface area contributed by atoms with E-state index in [1.807, 2.05) is 0 Å². The van der Waals surface area contributed by atoms with Gasteiger partial charge in [-0.1, -0.05) is 0 Å². The molecule has 0 unspecified atom stereocenters. The number of rotatable bonds is 0. The SMILES string of the molecule is C1=COCCCC1. The summed E-state index contributed by atoms with van der Waals surface area (Å²) in [4.78, 5) is 0. The molecule has 0 amide bonds. The van der Waals surface area contributed by atoms with Crippen LogP contribution >= 0.6 is 0 Å². The molecule has 0 atom stereocenters. The van der Waals surface area contributed by atoms with Crippen molar-refractivity contribution in [1.82, 2.24) is 0 Å². The van der Waals surface area contributed by atoms with Gasteiger partial charge in [-0.15, -0.1) is 0 Å². The first-order valence-corrected chi connectivity index (χ1v) is 2.77. The lowest BCUT2D eigenvalue weighted by Crippen LogP contribution is -1.81. The Balaban J connectivity index is 2.20. The molecular formula is C6H10O. The first kappa shape index (κ1) is 4.69. The van der Waals surface area contributed by atoms with Crippen LogP contribution in [0.3, 0.4) is 0 Å². The van der Waals surface area contributed by atoms with Crippen LogP contribution in [0.1, 0.15) is 19.3 Å². The maximum absolute atomic E-state index is 5.01. The van der Waals surface area contributed by atoms with Gasteiger partial charge in [0.2, 0.25) is 0 Å². The van der Waals surface area contributed by atoms with Crippen LogP contribution in [0.5, 0.6) is 0 Å². The van der Waals surface area contributed by atoms with Crippen molar-refractivity contribution in [1.29, 1.82) is 0 Å². The van der Waals surface area contributed by atoms with E-state index in [-0.39, 0.29) is 0 Å². The second-order valence-corrected chi connectivity index (χ2v) is 1.74. The maximum atomic E-state index is 5.01. The molecule has 0 radical (unpaired) electrons. The molecule has 0 N–H and O–H groups in total. The zero-order valence-corrected chi connectivity index (χ0v) is 4.39. The standard InChI is InChI=1S/C6H10O/c1-2-4-6-7-5-3-1/h3,5H,1-2,4,6H2. The number of hydrogen-bond acceptors (Lipinski definition) is 1. The number of ether oxygens (including phenoxy) is 1. The van der Waals surface area contributed by atoms with Crippen molar-refractivity contribution < 1.29 is 4.74 Å². The molecular weight excluding hydrogens is 88.1 g/mol. The minimum Gasteiger partial charge on any atom is -0.502 e. The monoisotopic (exact) mass is 98.1 g/mol. The molecule has 0 fully saturated rings. The fourth-order valence-corrected chi connectivity index (χ4v) is 0.652. The molecule has 0 aromatic carbocycles. The zero-order chi connectivity index (χ0) is 4.95. The molecule has 1 aliphatic rings. The van der Waals surface area contributed by atoms with Crippen LogP contribution in [0.2, 0.25) is 0 Å². The fourth-order valence-electron chi connectivity index (χ4n) is 0.652.